The average Bonchev–Trinajstić information content (AvgIpc) is 3.59. The predicted molar refractivity (Wildman–Crippen MR) is 153 cm³/mol. The molecule has 0 radical (unpaired) electrons. The molecule has 4 rings (SSSR count). The number of aromatic amines is 1. The molecule has 13 heteroatoms. The summed E-state index contributed by atoms with van der Waals surface area (Å²) in [5, 5.41) is 15.4. The number of hydrogen-bond donors (Lipinski definition) is 6. The summed E-state index contributed by atoms with van der Waals surface area (Å²) in [6.45, 7) is 7.51. The lowest BCUT2D eigenvalue weighted by Crippen LogP contribution is -2.17. The van der Waals surface area contributed by atoms with Gasteiger partial charge >= 0.3 is 0 Å². The van der Waals surface area contributed by atoms with Crippen LogP contribution in [0.15, 0.2) is 28.7 Å². The quantitative estimate of drug-likeness (QED) is 0.139. The van der Waals surface area contributed by atoms with Crippen molar-refractivity contribution < 1.29 is 4.42 Å². The molecule has 13 nitrogen and oxygen atoms in total. The number of aryl methyl sites for hydroxylation is 1. The summed E-state index contributed by atoms with van der Waals surface area (Å²) in [5.41, 5.74) is 2.39. The highest BCUT2D eigenvalue weighted by Crippen LogP contribution is 2.26. The second kappa shape index (κ2) is 12.9. The Bertz CT molecular complexity index is 1330. The minimum absolute atomic E-state index is 0.155. The maximum atomic E-state index is 5.98. The largest absolute Gasteiger partial charge is 0.464 e. The third kappa shape index (κ3) is 7.55. The molecule has 0 spiro atoms. The van der Waals surface area contributed by atoms with E-state index >= 15 is 0 Å². The van der Waals surface area contributed by atoms with Gasteiger partial charge in [-0.3, -0.25) is 0 Å². The highest BCUT2D eigenvalue weighted by molar-refractivity contribution is 5.41. The molecule has 2 atom stereocenters. The molecular weight excluding hydrogens is 496 g/mol. The molecular formula is C26H38N12O. The number of rotatable bonds is 14. The van der Waals surface area contributed by atoms with Crippen LogP contribution in [0.5, 0.6) is 0 Å². The lowest BCUT2D eigenvalue weighted by Gasteiger charge is -2.19. The Morgan fingerprint density at radius 1 is 0.744 bits per heavy atom. The Kier molecular flexibility index (Phi) is 9.13. The molecule has 0 aromatic carbocycles. The fourth-order valence-electron chi connectivity index (χ4n) is 4.04. The predicted octanol–water partition coefficient (Wildman–Crippen LogP) is 3.66. The van der Waals surface area contributed by atoms with Crippen LogP contribution >= 0.6 is 0 Å². The van der Waals surface area contributed by atoms with Crippen LogP contribution in [0.2, 0.25) is 0 Å². The first-order valence-corrected chi connectivity index (χ1v) is 13.1. The number of H-pyrrole nitrogens is 1. The van der Waals surface area contributed by atoms with E-state index in [4.69, 9.17) is 9.40 Å². The number of aromatic nitrogens is 7. The standard InChI is InChI=1S/C26H38N12O/c1-15(13-18-8-7-16(2)32-18)17(3)21-33-22(27-4)36-25(34-21)30-12-11-19-9-10-20(39-19)14-31-26-37-23(28-5)35-24(29-6)38-26/h7-10,15,17,32H,11-14H2,1-6H3,(H2,27,30,33,34,36)(H3,28,29,31,35,37,38). The zero-order valence-electron chi connectivity index (χ0n) is 23.4. The van der Waals surface area contributed by atoms with Gasteiger partial charge in [-0.15, -0.1) is 0 Å². The molecule has 0 aliphatic carbocycles. The third-order valence-corrected chi connectivity index (χ3v) is 6.45. The average molecular weight is 535 g/mol. The summed E-state index contributed by atoms with van der Waals surface area (Å²) in [4.78, 5) is 30.1. The molecule has 0 aliphatic rings. The Morgan fingerprint density at radius 3 is 1.97 bits per heavy atom. The van der Waals surface area contributed by atoms with Crippen molar-refractivity contribution in [1.29, 1.82) is 0 Å². The van der Waals surface area contributed by atoms with Gasteiger partial charge in [-0.25, -0.2) is 0 Å². The van der Waals surface area contributed by atoms with Gasteiger partial charge in [0.2, 0.25) is 29.7 Å². The molecule has 6 N–H and O–H groups in total. The first kappa shape index (κ1) is 27.6. The maximum absolute atomic E-state index is 5.98. The molecule has 4 aromatic heterocycles. The molecule has 208 valence electrons. The number of furan rings is 1. The Labute approximate surface area is 228 Å². The van der Waals surface area contributed by atoms with Gasteiger partial charge in [0, 0.05) is 51.4 Å². The first-order valence-electron chi connectivity index (χ1n) is 13.1. The topological polar surface area (TPSA) is 166 Å². The van der Waals surface area contributed by atoms with E-state index in [1.165, 1.54) is 11.4 Å². The molecule has 4 aromatic rings. The number of nitrogens with zero attached hydrogens (tertiary/aromatic N) is 6. The van der Waals surface area contributed by atoms with E-state index in [1.807, 2.05) is 19.2 Å². The SMILES string of the molecule is CNc1nc(NC)nc(NCc2ccc(CCNc3nc(NC)nc(C(C)C(C)Cc4ccc(C)[nH]4)n3)o2)n1. The highest BCUT2D eigenvalue weighted by Gasteiger charge is 2.20. The zero-order chi connectivity index (χ0) is 27.8. The molecule has 2 unspecified atom stereocenters. The monoisotopic (exact) mass is 534 g/mol. The van der Waals surface area contributed by atoms with E-state index in [0.717, 1.165) is 23.8 Å². The van der Waals surface area contributed by atoms with Crippen LogP contribution in [-0.4, -0.2) is 62.6 Å². The van der Waals surface area contributed by atoms with Gasteiger partial charge in [0.25, 0.3) is 0 Å². The molecule has 0 fully saturated rings. The van der Waals surface area contributed by atoms with E-state index < -0.39 is 0 Å². The molecule has 4 heterocycles. The van der Waals surface area contributed by atoms with Gasteiger partial charge in [0.1, 0.15) is 17.3 Å². The Morgan fingerprint density at radius 2 is 1.33 bits per heavy atom. The molecule has 0 saturated carbocycles. The van der Waals surface area contributed by atoms with Crippen molar-refractivity contribution in [2.24, 2.45) is 5.92 Å². The number of nitrogens with one attached hydrogen (secondary N) is 6. The van der Waals surface area contributed by atoms with Crippen molar-refractivity contribution in [3.8, 4) is 0 Å². The summed E-state index contributed by atoms with van der Waals surface area (Å²) in [7, 11) is 5.33. The van der Waals surface area contributed by atoms with Crippen molar-refractivity contribution in [2.75, 3.05) is 54.3 Å². The fourth-order valence-corrected chi connectivity index (χ4v) is 4.04. The van der Waals surface area contributed by atoms with Crippen molar-refractivity contribution in [3.05, 3.63) is 53.0 Å². The van der Waals surface area contributed by atoms with E-state index in [1.54, 1.807) is 14.1 Å². The number of anilines is 5. The van der Waals surface area contributed by atoms with Gasteiger partial charge in [-0.1, -0.05) is 13.8 Å². The van der Waals surface area contributed by atoms with Gasteiger partial charge in [-0.05, 0) is 43.5 Å². The van der Waals surface area contributed by atoms with E-state index in [9.17, 15) is 0 Å². The summed E-state index contributed by atoms with van der Waals surface area (Å²) in [5.74, 6) is 5.41. The minimum Gasteiger partial charge on any atom is -0.464 e. The molecule has 39 heavy (non-hydrogen) atoms. The van der Waals surface area contributed by atoms with Crippen LogP contribution in [0.3, 0.4) is 0 Å². The second-order valence-electron chi connectivity index (χ2n) is 9.43. The molecule has 0 amide bonds. The van der Waals surface area contributed by atoms with Crippen LogP contribution < -0.4 is 26.6 Å². The summed E-state index contributed by atoms with van der Waals surface area (Å²) < 4.78 is 5.98. The summed E-state index contributed by atoms with van der Waals surface area (Å²) in [6.07, 6.45) is 1.60. The second-order valence-corrected chi connectivity index (χ2v) is 9.43. The van der Waals surface area contributed by atoms with Gasteiger partial charge in [0.15, 0.2) is 0 Å². The van der Waals surface area contributed by atoms with Crippen LogP contribution in [0, 0.1) is 12.8 Å². The van der Waals surface area contributed by atoms with E-state index in [-0.39, 0.29) is 5.92 Å². The summed E-state index contributed by atoms with van der Waals surface area (Å²) >= 11 is 0. The molecule has 0 bridgehead atoms. The lowest BCUT2D eigenvalue weighted by atomic mass is 9.91. The van der Waals surface area contributed by atoms with Crippen molar-refractivity contribution in [2.45, 2.75) is 46.1 Å². The molecule has 0 aliphatic heterocycles. The Balaban J connectivity index is 1.32. The first-order chi connectivity index (χ1) is 18.9. The molecule has 0 saturated heterocycles. The Hall–Kier alpha value is -4.42. The normalized spacial score (nSPS) is 12.6. The summed E-state index contributed by atoms with van der Waals surface area (Å²) in [6, 6.07) is 8.15. The van der Waals surface area contributed by atoms with Crippen molar-refractivity contribution in [3.63, 3.8) is 0 Å². The third-order valence-electron chi connectivity index (χ3n) is 6.45. The fraction of sp³-hybridized carbons (Fsp3) is 0.462. The van der Waals surface area contributed by atoms with Crippen molar-refractivity contribution in [1.82, 2.24) is 34.9 Å². The lowest BCUT2D eigenvalue weighted by molar-refractivity contribution is 0.461. The van der Waals surface area contributed by atoms with Gasteiger partial charge < -0.3 is 36.0 Å². The smallest absolute Gasteiger partial charge is 0.229 e. The number of hydrogen-bond acceptors (Lipinski definition) is 12. The van der Waals surface area contributed by atoms with Crippen LogP contribution in [0.1, 0.15) is 48.5 Å². The minimum atomic E-state index is 0.155. The van der Waals surface area contributed by atoms with Gasteiger partial charge in [0.05, 0.1) is 6.54 Å². The zero-order valence-corrected chi connectivity index (χ0v) is 23.4. The van der Waals surface area contributed by atoms with E-state index in [2.05, 4.69) is 89.4 Å². The highest BCUT2D eigenvalue weighted by atomic mass is 16.3. The van der Waals surface area contributed by atoms with Crippen LogP contribution in [-0.2, 0) is 19.4 Å². The van der Waals surface area contributed by atoms with Crippen LogP contribution in [0.4, 0.5) is 29.7 Å². The van der Waals surface area contributed by atoms with Crippen LogP contribution in [0.25, 0.3) is 0 Å². The van der Waals surface area contributed by atoms with Gasteiger partial charge in [-0.2, -0.15) is 29.9 Å². The van der Waals surface area contributed by atoms with E-state index in [0.29, 0.717) is 55.2 Å². The maximum Gasteiger partial charge on any atom is 0.229 e. The van der Waals surface area contributed by atoms with Crippen molar-refractivity contribution >= 4 is 29.7 Å².